The third-order valence-corrected chi connectivity index (χ3v) is 4.14. The van der Waals surface area contributed by atoms with Gasteiger partial charge in [0.25, 0.3) is 5.91 Å². The number of rotatable bonds is 4. The zero-order chi connectivity index (χ0) is 14.5. The monoisotopic (exact) mass is 332 g/mol. The Morgan fingerprint density at radius 2 is 1.90 bits per heavy atom. The summed E-state index contributed by atoms with van der Waals surface area (Å²) in [5.41, 5.74) is 9.15. The SMILES string of the molecule is Cc1cccc(NC(=O)c2ccc(CCN)cc2)c1Br. The maximum absolute atomic E-state index is 12.2. The van der Waals surface area contributed by atoms with Gasteiger partial charge in [-0.1, -0.05) is 24.3 Å². The lowest BCUT2D eigenvalue weighted by atomic mass is 10.1. The second-order valence-corrected chi connectivity index (χ2v) is 5.42. The molecule has 3 nitrogen and oxygen atoms in total. The maximum Gasteiger partial charge on any atom is 0.255 e. The highest BCUT2D eigenvalue weighted by molar-refractivity contribution is 9.10. The predicted molar refractivity (Wildman–Crippen MR) is 86.0 cm³/mol. The molecule has 0 saturated carbocycles. The van der Waals surface area contributed by atoms with Crippen LogP contribution in [0.3, 0.4) is 0 Å². The number of aryl methyl sites for hydroxylation is 1. The van der Waals surface area contributed by atoms with Crippen LogP contribution in [0.25, 0.3) is 0 Å². The quantitative estimate of drug-likeness (QED) is 0.900. The first-order valence-electron chi connectivity index (χ1n) is 6.47. The van der Waals surface area contributed by atoms with Crippen LogP contribution < -0.4 is 11.1 Å². The van der Waals surface area contributed by atoms with Crippen molar-refractivity contribution in [2.75, 3.05) is 11.9 Å². The number of amides is 1. The lowest BCUT2D eigenvalue weighted by Gasteiger charge is -2.09. The van der Waals surface area contributed by atoms with Gasteiger partial charge in [-0.05, 0) is 65.1 Å². The Hall–Kier alpha value is -1.65. The standard InChI is InChI=1S/C16H17BrN2O/c1-11-3-2-4-14(15(11)17)19-16(20)13-7-5-12(6-8-13)9-10-18/h2-8H,9-10,18H2,1H3,(H,19,20). The van der Waals surface area contributed by atoms with Gasteiger partial charge in [-0.2, -0.15) is 0 Å². The maximum atomic E-state index is 12.2. The summed E-state index contributed by atoms with van der Waals surface area (Å²) in [5, 5.41) is 2.91. The van der Waals surface area contributed by atoms with E-state index in [0.717, 1.165) is 27.7 Å². The van der Waals surface area contributed by atoms with Gasteiger partial charge in [0.2, 0.25) is 0 Å². The molecule has 0 fully saturated rings. The normalized spacial score (nSPS) is 10.3. The molecule has 0 aromatic heterocycles. The van der Waals surface area contributed by atoms with Gasteiger partial charge < -0.3 is 11.1 Å². The molecule has 0 atom stereocenters. The van der Waals surface area contributed by atoms with E-state index in [1.165, 1.54) is 0 Å². The van der Waals surface area contributed by atoms with Crippen molar-refractivity contribution < 1.29 is 4.79 Å². The van der Waals surface area contributed by atoms with Crippen LogP contribution >= 0.6 is 15.9 Å². The molecule has 2 aromatic rings. The molecule has 3 N–H and O–H groups in total. The predicted octanol–water partition coefficient (Wildman–Crippen LogP) is 3.51. The Morgan fingerprint density at radius 3 is 2.55 bits per heavy atom. The summed E-state index contributed by atoms with van der Waals surface area (Å²) in [7, 11) is 0. The Balaban J connectivity index is 2.13. The van der Waals surface area contributed by atoms with Gasteiger partial charge in [-0.25, -0.2) is 0 Å². The number of hydrogen-bond donors (Lipinski definition) is 2. The second-order valence-electron chi connectivity index (χ2n) is 4.63. The highest BCUT2D eigenvalue weighted by Gasteiger charge is 2.09. The molecule has 0 bridgehead atoms. The largest absolute Gasteiger partial charge is 0.330 e. The summed E-state index contributed by atoms with van der Waals surface area (Å²) < 4.78 is 0.910. The van der Waals surface area contributed by atoms with E-state index in [4.69, 9.17) is 5.73 Å². The van der Waals surface area contributed by atoms with Gasteiger partial charge in [-0.15, -0.1) is 0 Å². The molecule has 0 saturated heterocycles. The minimum absolute atomic E-state index is 0.115. The summed E-state index contributed by atoms with van der Waals surface area (Å²) in [6.45, 7) is 2.60. The van der Waals surface area contributed by atoms with Crippen LogP contribution in [0.4, 0.5) is 5.69 Å². The fourth-order valence-electron chi connectivity index (χ4n) is 1.93. The molecular weight excluding hydrogens is 316 g/mol. The molecule has 0 aliphatic carbocycles. The minimum Gasteiger partial charge on any atom is -0.330 e. The van der Waals surface area contributed by atoms with Crippen LogP contribution in [0.2, 0.25) is 0 Å². The molecule has 20 heavy (non-hydrogen) atoms. The van der Waals surface area contributed by atoms with Crippen molar-refractivity contribution in [2.45, 2.75) is 13.3 Å². The lowest BCUT2D eigenvalue weighted by Crippen LogP contribution is -2.12. The van der Waals surface area contributed by atoms with Gasteiger partial charge in [0.1, 0.15) is 0 Å². The van der Waals surface area contributed by atoms with E-state index in [0.29, 0.717) is 12.1 Å². The third-order valence-electron chi connectivity index (χ3n) is 3.09. The van der Waals surface area contributed by atoms with Crippen molar-refractivity contribution in [2.24, 2.45) is 5.73 Å². The van der Waals surface area contributed by atoms with Crippen LogP contribution in [-0.2, 0) is 6.42 Å². The van der Waals surface area contributed by atoms with E-state index in [-0.39, 0.29) is 5.91 Å². The molecule has 4 heteroatoms. The zero-order valence-electron chi connectivity index (χ0n) is 11.3. The van der Waals surface area contributed by atoms with Gasteiger partial charge in [0.05, 0.1) is 5.69 Å². The molecule has 2 rings (SSSR count). The zero-order valence-corrected chi connectivity index (χ0v) is 12.9. The number of benzene rings is 2. The van der Waals surface area contributed by atoms with Crippen molar-refractivity contribution in [1.29, 1.82) is 0 Å². The average molecular weight is 333 g/mol. The van der Waals surface area contributed by atoms with Crippen LogP contribution in [0.15, 0.2) is 46.9 Å². The number of nitrogens with one attached hydrogen (secondary N) is 1. The number of carbonyl (C=O) groups excluding carboxylic acids is 1. The Bertz CT molecular complexity index is 608. The van der Waals surface area contributed by atoms with E-state index < -0.39 is 0 Å². The summed E-state index contributed by atoms with van der Waals surface area (Å²) >= 11 is 3.48. The number of nitrogens with two attached hydrogens (primary N) is 1. The molecule has 0 aliphatic heterocycles. The van der Waals surface area contributed by atoms with Gasteiger partial charge in [0, 0.05) is 10.0 Å². The number of hydrogen-bond acceptors (Lipinski definition) is 2. The number of halogens is 1. The molecule has 104 valence electrons. The van der Waals surface area contributed by atoms with Gasteiger partial charge in [-0.3, -0.25) is 4.79 Å². The molecule has 1 amide bonds. The van der Waals surface area contributed by atoms with Crippen LogP contribution in [0, 0.1) is 6.92 Å². The van der Waals surface area contributed by atoms with Crippen molar-refractivity contribution in [1.82, 2.24) is 0 Å². The third kappa shape index (κ3) is 3.46. The first-order valence-corrected chi connectivity index (χ1v) is 7.26. The molecule has 0 unspecified atom stereocenters. The molecule has 0 heterocycles. The number of carbonyl (C=O) groups is 1. The van der Waals surface area contributed by atoms with Gasteiger partial charge in [0.15, 0.2) is 0 Å². The topological polar surface area (TPSA) is 55.1 Å². The van der Waals surface area contributed by atoms with Crippen molar-refractivity contribution in [3.63, 3.8) is 0 Å². The van der Waals surface area contributed by atoms with E-state index in [9.17, 15) is 4.79 Å². The second kappa shape index (κ2) is 6.68. The van der Waals surface area contributed by atoms with Crippen molar-refractivity contribution >= 4 is 27.5 Å². The highest BCUT2D eigenvalue weighted by atomic mass is 79.9. The van der Waals surface area contributed by atoms with Crippen molar-refractivity contribution in [3.8, 4) is 0 Å². The smallest absolute Gasteiger partial charge is 0.255 e. The number of anilines is 1. The molecule has 0 aliphatic rings. The van der Waals surface area contributed by atoms with Gasteiger partial charge >= 0.3 is 0 Å². The Labute approximate surface area is 127 Å². The summed E-state index contributed by atoms with van der Waals surface area (Å²) in [6, 6.07) is 13.3. The van der Waals surface area contributed by atoms with Crippen LogP contribution in [0.1, 0.15) is 21.5 Å². The average Bonchev–Trinajstić information content (AvgIpc) is 2.45. The molecule has 0 spiro atoms. The summed E-state index contributed by atoms with van der Waals surface area (Å²) in [5.74, 6) is -0.115. The van der Waals surface area contributed by atoms with E-state index >= 15 is 0 Å². The van der Waals surface area contributed by atoms with E-state index in [1.807, 2.05) is 49.4 Å². The lowest BCUT2D eigenvalue weighted by molar-refractivity contribution is 0.102. The first kappa shape index (κ1) is 14.8. The minimum atomic E-state index is -0.115. The first-order chi connectivity index (χ1) is 9.61. The van der Waals surface area contributed by atoms with Crippen molar-refractivity contribution in [3.05, 3.63) is 63.6 Å². The van der Waals surface area contributed by atoms with Crippen LogP contribution in [0.5, 0.6) is 0 Å². The Morgan fingerprint density at radius 1 is 1.20 bits per heavy atom. The molecular formula is C16H17BrN2O. The summed E-state index contributed by atoms with van der Waals surface area (Å²) in [6.07, 6.45) is 0.825. The fourth-order valence-corrected chi connectivity index (χ4v) is 2.29. The fraction of sp³-hybridized carbons (Fsp3) is 0.188. The molecule has 0 radical (unpaired) electrons. The van der Waals surface area contributed by atoms with E-state index in [1.54, 1.807) is 0 Å². The van der Waals surface area contributed by atoms with Crippen LogP contribution in [-0.4, -0.2) is 12.5 Å². The Kier molecular flexibility index (Phi) is 4.93. The molecule has 2 aromatic carbocycles. The highest BCUT2D eigenvalue weighted by Crippen LogP contribution is 2.26. The summed E-state index contributed by atoms with van der Waals surface area (Å²) in [4.78, 5) is 12.2. The van der Waals surface area contributed by atoms with E-state index in [2.05, 4.69) is 21.2 Å².